The van der Waals surface area contributed by atoms with Gasteiger partial charge in [0.2, 0.25) is 5.96 Å². The van der Waals surface area contributed by atoms with Crippen molar-refractivity contribution in [1.82, 2.24) is 10.3 Å². The quantitative estimate of drug-likeness (QED) is 0.236. The lowest BCUT2D eigenvalue weighted by atomic mass is 10.1. The Balaban J connectivity index is 1.58. The number of aliphatic imine (C=N–C) groups is 1. The first kappa shape index (κ1) is 22.7. The zero-order chi connectivity index (χ0) is 23.2. The van der Waals surface area contributed by atoms with Crippen molar-refractivity contribution in [3.63, 3.8) is 0 Å². The summed E-state index contributed by atoms with van der Waals surface area (Å²) in [6.45, 7) is 0.440. The molecule has 168 valence electrons. The number of nitrogens with one attached hydrogen (secondary N) is 3. The van der Waals surface area contributed by atoms with Crippen molar-refractivity contribution >= 4 is 51.7 Å². The fourth-order valence-corrected chi connectivity index (χ4v) is 3.86. The smallest absolute Gasteiger partial charge is 0.259 e. The average Bonchev–Trinajstić information content (AvgIpc) is 3.22. The maximum atomic E-state index is 12.9. The van der Waals surface area contributed by atoms with Gasteiger partial charge in [-0.1, -0.05) is 53.5 Å². The minimum absolute atomic E-state index is 0.264. The van der Waals surface area contributed by atoms with Crippen LogP contribution in [-0.4, -0.2) is 30.5 Å². The number of aromatic nitrogens is 1. The summed E-state index contributed by atoms with van der Waals surface area (Å²) in [5.74, 6) is 0.455. The Kier molecular flexibility index (Phi) is 7.17. The molecule has 0 atom stereocenters. The fraction of sp³-hybridized carbons (Fsp3) is 0.120. The van der Waals surface area contributed by atoms with E-state index in [1.165, 1.54) is 0 Å². The van der Waals surface area contributed by atoms with Crippen LogP contribution in [-0.2, 0) is 6.42 Å². The topological polar surface area (TPSA) is 78.5 Å². The van der Waals surface area contributed by atoms with Gasteiger partial charge in [0.25, 0.3) is 5.91 Å². The molecule has 0 saturated heterocycles. The van der Waals surface area contributed by atoms with Crippen molar-refractivity contribution in [1.29, 1.82) is 0 Å². The predicted molar refractivity (Wildman–Crippen MR) is 135 cm³/mol. The van der Waals surface area contributed by atoms with Crippen LogP contribution in [0.2, 0.25) is 10.0 Å². The molecule has 4 aromatic rings. The van der Waals surface area contributed by atoms with Gasteiger partial charge in [0.1, 0.15) is 5.75 Å². The summed E-state index contributed by atoms with van der Waals surface area (Å²) in [5.41, 5.74) is 3.15. The number of aromatic amines is 1. The highest BCUT2D eigenvalue weighted by atomic mass is 35.5. The van der Waals surface area contributed by atoms with Gasteiger partial charge in [0.15, 0.2) is 0 Å². The van der Waals surface area contributed by atoms with E-state index in [9.17, 15) is 4.79 Å². The average molecular weight is 481 g/mol. The molecule has 1 aromatic heterocycles. The first-order chi connectivity index (χ1) is 16.0. The van der Waals surface area contributed by atoms with Crippen molar-refractivity contribution < 1.29 is 9.53 Å². The lowest BCUT2D eigenvalue weighted by molar-refractivity contribution is 0.0977. The fourth-order valence-electron chi connectivity index (χ4n) is 3.46. The number of hydrogen-bond acceptors (Lipinski definition) is 3. The summed E-state index contributed by atoms with van der Waals surface area (Å²) >= 11 is 12.4. The van der Waals surface area contributed by atoms with Crippen LogP contribution in [0.1, 0.15) is 15.9 Å². The maximum absolute atomic E-state index is 12.9. The highest BCUT2D eigenvalue weighted by Crippen LogP contribution is 2.27. The molecule has 0 radical (unpaired) electrons. The summed E-state index contributed by atoms with van der Waals surface area (Å²) < 4.78 is 5.41. The number of para-hydroxylation sites is 1. The zero-order valence-electron chi connectivity index (χ0n) is 17.9. The molecule has 0 saturated carbocycles. The molecular formula is C25H22Cl2N4O2. The normalized spacial score (nSPS) is 11.4. The summed E-state index contributed by atoms with van der Waals surface area (Å²) in [5, 5.41) is 7.98. The number of halogens is 2. The number of hydrogen-bond donors (Lipinski definition) is 3. The van der Waals surface area contributed by atoms with Crippen LogP contribution in [0.5, 0.6) is 5.75 Å². The van der Waals surface area contributed by atoms with Gasteiger partial charge in [-0.15, -0.1) is 0 Å². The summed E-state index contributed by atoms with van der Waals surface area (Å²) in [4.78, 5) is 20.8. The lowest BCUT2D eigenvalue weighted by Gasteiger charge is -2.15. The van der Waals surface area contributed by atoms with Gasteiger partial charge < -0.3 is 15.0 Å². The number of H-pyrrole nitrogens is 1. The summed E-state index contributed by atoms with van der Waals surface area (Å²) in [6.07, 6.45) is 2.67. The van der Waals surface area contributed by atoms with Gasteiger partial charge in [0, 0.05) is 28.7 Å². The van der Waals surface area contributed by atoms with Gasteiger partial charge in [-0.2, -0.15) is 0 Å². The Labute approximate surface area is 201 Å². The van der Waals surface area contributed by atoms with Crippen LogP contribution < -0.4 is 15.4 Å². The van der Waals surface area contributed by atoms with Crippen LogP contribution in [0.4, 0.5) is 5.69 Å². The maximum Gasteiger partial charge on any atom is 0.259 e. The van der Waals surface area contributed by atoms with Crippen molar-refractivity contribution in [2.24, 2.45) is 4.99 Å². The standard InChI is InChI=1S/C25H22Cl2N4O2/c1-33-23-11-10-17(26)14-22(23)30-25(31-24(32)19-7-2-4-8-20(19)27)28-13-12-16-15-29-21-9-5-3-6-18(16)21/h2-11,14-15,29H,12-13H2,1H3,(H2,28,30,31,32). The minimum Gasteiger partial charge on any atom is -0.495 e. The van der Waals surface area contributed by atoms with Crippen LogP contribution in [0.25, 0.3) is 10.9 Å². The Hall–Kier alpha value is -3.48. The SMILES string of the molecule is COc1ccc(Cl)cc1NC(=NCCc1c[nH]c2ccccc12)NC(=O)c1ccccc1Cl. The molecule has 0 aliphatic heterocycles. The van der Waals surface area contributed by atoms with Crippen molar-refractivity contribution in [3.05, 3.63) is 94.1 Å². The van der Waals surface area contributed by atoms with Crippen LogP contribution in [0, 0.1) is 0 Å². The van der Waals surface area contributed by atoms with Gasteiger partial charge in [-0.05, 0) is 48.4 Å². The molecule has 6 nitrogen and oxygen atoms in total. The third-order valence-electron chi connectivity index (χ3n) is 5.09. The Morgan fingerprint density at radius 3 is 2.67 bits per heavy atom. The van der Waals surface area contributed by atoms with Crippen LogP contribution >= 0.6 is 23.2 Å². The van der Waals surface area contributed by atoms with E-state index in [-0.39, 0.29) is 11.9 Å². The molecule has 33 heavy (non-hydrogen) atoms. The van der Waals surface area contributed by atoms with Crippen molar-refractivity contribution in [2.45, 2.75) is 6.42 Å². The van der Waals surface area contributed by atoms with Crippen LogP contribution in [0.3, 0.4) is 0 Å². The number of anilines is 1. The monoisotopic (exact) mass is 480 g/mol. The van der Waals surface area contributed by atoms with Gasteiger partial charge in [-0.3, -0.25) is 15.1 Å². The number of benzene rings is 3. The Morgan fingerprint density at radius 1 is 1.06 bits per heavy atom. The second-order valence-corrected chi connectivity index (χ2v) is 8.09. The van der Waals surface area contributed by atoms with Gasteiger partial charge >= 0.3 is 0 Å². The van der Waals surface area contributed by atoms with E-state index >= 15 is 0 Å². The first-order valence-electron chi connectivity index (χ1n) is 10.3. The Morgan fingerprint density at radius 2 is 1.85 bits per heavy atom. The molecule has 0 spiro atoms. The number of fused-ring (bicyclic) bond motifs is 1. The number of ether oxygens (including phenoxy) is 1. The number of nitrogens with zero attached hydrogens (tertiary/aromatic N) is 1. The molecule has 0 fully saturated rings. The Bertz CT molecular complexity index is 1320. The van der Waals surface area contributed by atoms with Gasteiger partial charge in [-0.25, -0.2) is 0 Å². The van der Waals surface area contributed by atoms with Crippen molar-refractivity contribution in [3.8, 4) is 5.75 Å². The molecule has 1 amide bonds. The van der Waals surface area contributed by atoms with Crippen molar-refractivity contribution in [2.75, 3.05) is 19.0 Å². The second-order valence-electron chi connectivity index (χ2n) is 7.24. The summed E-state index contributed by atoms with van der Waals surface area (Å²) in [7, 11) is 1.56. The molecule has 0 unspecified atom stereocenters. The van der Waals surface area contributed by atoms with E-state index in [1.54, 1.807) is 49.6 Å². The van der Waals surface area contributed by atoms with E-state index in [4.69, 9.17) is 27.9 Å². The van der Waals surface area contributed by atoms with Gasteiger partial charge in [0.05, 0.1) is 23.4 Å². The molecule has 3 aromatic carbocycles. The van der Waals surface area contributed by atoms with E-state index < -0.39 is 0 Å². The molecule has 4 rings (SSSR count). The lowest BCUT2D eigenvalue weighted by Crippen LogP contribution is -2.36. The number of guanidine groups is 1. The van der Waals surface area contributed by atoms with E-state index in [0.717, 1.165) is 16.5 Å². The summed E-state index contributed by atoms with van der Waals surface area (Å²) in [6, 6.07) is 20.1. The third-order valence-corrected chi connectivity index (χ3v) is 5.66. The molecule has 0 aliphatic carbocycles. The molecule has 3 N–H and O–H groups in total. The molecule has 0 aliphatic rings. The highest BCUT2D eigenvalue weighted by molar-refractivity contribution is 6.34. The number of methoxy groups -OCH3 is 1. The number of rotatable bonds is 6. The molecular weight excluding hydrogens is 459 g/mol. The van der Waals surface area contributed by atoms with E-state index in [1.807, 2.05) is 24.4 Å². The number of carbonyl (C=O) groups excluding carboxylic acids is 1. The second kappa shape index (κ2) is 10.4. The largest absolute Gasteiger partial charge is 0.495 e. The number of carbonyl (C=O) groups is 1. The molecule has 8 heteroatoms. The van der Waals surface area contributed by atoms with Crippen LogP contribution in [0.15, 0.2) is 77.9 Å². The predicted octanol–water partition coefficient (Wildman–Crippen LogP) is 5.92. The first-order valence-corrected chi connectivity index (χ1v) is 11.1. The van der Waals surface area contributed by atoms with E-state index in [0.29, 0.717) is 40.0 Å². The van der Waals surface area contributed by atoms with E-state index in [2.05, 4.69) is 26.7 Å². The molecule has 0 bridgehead atoms. The molecule has 1 heterocycles. The zero-order valence-corrected chi connectivity index (χ0v) is 19.4. The number of amides is 1. The minimum atomic E-state index is -0.375. The third kappa shape index (κ3) is 5.48. The highest BCUT2D eigenvalue weighted by Gasteiger charge is 2.14.